The Morgan fingerprint density at radius 2 is 1.08 bits per heavy atom. The van der Waals surface area contributed by atoms with Crippen LogP contribution in [0.5, 0.6) is 0 Å². The molecular formula is C22H44O4. The van der Waals surface area contributed by atoms with E-state index in [0.29, 0.717) is 6.42 Å². The van der Waals surface area contributed by atoms with Gasteiger partial charge in [-0.25, -0.2) is 4.79 Å². The summed E-state index contributed by atoms with van der Waals surface area (Å²) < 4.78 is 4.70. The minimum Gasteiger partial charge on any atom is -0.464 e. The molecule has 2 atom stereocenters. The molecule has 0 spiro atoms. The summed E-state index contributed by atoms with van der Waals surface area (Å²) in [7, 11) is 0. The zero-order valence-corrected chi connectivity index (χ0v) is 17.4. The lowest BCUT2D eigenvalue weighted by Gasteiger charge is -2.16. The Bertz CT molecular complexity index is 307. The Kier molecular flexibility index (Phi) is 18.7. The normalized spacial score (nSPS) is 13.5. The number of carbonyl (C=O) groups excluding carboxylic acids is 1. The molecule has 0 aromatic heterocycles. The van der Waals surface area contributed by atoms with Gasteiger partial charge < -0.3 is 14.9 Å². The number of esters is 1. The highest BCUT2D eigenvalue weighted by Gasteiger charge is 2.24. The third kappa shape index (κ3) is 15.6. The predicted octanol–water partition coefficient (Wildman–Crippen LogP) is 5.53. The first kappa shape index (κ1) is 25.4. The van der Waals surface area contributed by atoms with Crippen LogP contribution in [0.15, 0.2) is 0 Å². The molecule has 0 bridgehead atoms. The van der Waals surface area contributed by atoms with Gasteiger partial charge in [0, 0.05) is 0 Å². The van der Waals surface area contributed by atoms with Gasteiger partial charge in [0.2, 0.25) is 0 Å². The predicted molar refractivity (Wildman–Crippen MR) is 108 cm³/mol. The first-order valence-electron chi connectivity index (χ1n) is 11.2. The zero-order chi connectivity index (χ0) is 19.5. The Hall–Kier alpha value is -0.610. The third-order valence-corrected chi connectivity index (χ3v) is 5.00. The van der Waals surface area contributed by atoms with Crippen molar-refractivity contribution in [3.63, 3.8) is 0 Å². The number of unbranched alkanes of at least 4 members (excludes halogenated alkanes) is 14. The summed E-state index contributed by atoms with van der Waals surface area (Å²) in [6.45, 7) is 4.17. The fourth-order valence-electron chi connectivity index (χ4n) is 3.27. The summed E-state index contributed by atoms with van der Waals surface area (Å²) >= 11 is 0. The van der Waals surface area contributed by atoms with Gasteiger partial charge in [0.05, 0.1) is 12.7 Å². The van der Waals surface area contributed by atoms with Crippen molar-refractivity contribution in [2.45, 2.75) is 129 Å². The van der Waals surface area contributed by atoms with Crippen LogP contribution in [-0.2, 0) is 9.53 Å². The largest absolute Gasteiger partial charge is 0.464 e. The molecule has 0 saturated carbocycles. The smallest absolute Gasteiger partial charge is 0.337 e. The van der Waals surface area contributed by atoms with E-state index in [2.05, 4.69) is 6.92 Å². The molecule has 0 heterocycles. The summed E-state index contributed by atoms with van der Waals surface area (Å²) in [5.41, 5.74) is 0. The van der Waals surface area contributed by atoms with Crippen molar-refractivity contribution < 1.29 is 19.7 Å². The van der Waals surface area contributed by atoms with Crippen LogP contribution in [0, 0.1) is 0 Å². The SMILES string of the molecule is CCCCCCCCCCCCCCCCC[C@H](O)[C@@H](O)C(=O)OCC. The first-order chi connectivity index (χ1) is 12.6. The van der Waals surface area contributed by atoms with E-state index in [-0.39, 0.29) is 6.61 Å². The van der Waals surface area contributed by atoms with Crippen molar-refractivity contribution >= 4 is 5.97 Å². The number of hydrogen-bond acceptors (Lipinski definition) is 4. The van der Waals surface area contributed by atoms with Crippen LogP contribution in [0.1, 0.15) is 117 Å². The van der Waals surface area contributed by atoms with Gasteiger partial charge in [-0.2, -0.15) is 0 Å². The van der Waals surface area contributed by atoms with Crippen LogP contribution < -0.4 is 0 Å². The summed E-state index contributed by atoms with van der Waals surface area (Å²) in [6, 6.07) is 0. The molecule has 4 nitrogen and oxygen atoms in total. The second-order valence-corrected chi connectivity index (χ2v) is 7.50. The van der Waals surface area contributed by atoms with Crippen molar-refractivity contribution in [2.24, 2.45) is 0 Å². The fraction of sp³-hybridized carbons (Fsp3) is 0.955. The number of ether oxygens (including phenoxy) is 1. The second-order valence-electron chi connectivity index (χ2n) is 7.50. The summed E-state index contributed by atoms with van der Waals surface area (Å²) in [6.07, 6.45) is 17.5. The Morgan fingerprint density at radius 1 is 0.692 bits per heavy atom. The van der Waals surface area contributed by atoms with Crippen LogP contribution in [0.4, 0.5) is 0 Å². The average molecular weight is 373 g/mol. The van der Waals surface area contributed by atoms with E-state index < -0.39 is 18.2 Å². The number of hydrogen-bond donors (Lipinski definition) is 2. The average Bonchev–Trinajstić information content (AvgIpc) is 2.64. The fourth-order valence-corrected chi connectivity index (χ4v) is 3.27. The first-order valence-corrected chi connectivity index (χ1v) is 11.2. The molecule has 0 amide bonds. The second kappa shape index (κ2) is 19.2. The Morgan fingerprint density at radius 3 is 1.46 bits per heavy atom. The Balaban J connectivity index is 3.27. The van der Waals surface area contributed by atoms with Gasteiger partial charge in [-0.05, 0) is 13.3 Å². The van der Waals surface area contributed by atoms with Gasteiger partial charge in [0.15, 0.2) is 6.10 Å². The van der Waals surface area contributed by atoms with Gasteiger partial charge in [0.1, 0.15) is 0 Å². The monoisotopic (exact) mass is 372 g/mol. The maximum absolute atomic E-state index is 11.3. The summed E-state index contributed by atoms with van der Waals surface area (Å²) in [5.74, 6) is -0.721. The molecule has 0 saturated heterocycles. The van der Waals surface area contributed by atoms with E-state index in [1.165, 1.54) is 83.5 Å². The topological polar surface area (TPSA) is 66.8 Å². The molecule has 0 aliphatic heterocycles. The molecule has 0 fully saturated rings. The molecule has 0 radical (unpaired) electrons. The molecule has 0 rings (SSSR count). The molecule has 0 aliphatic carbocycles. The third-order valence-electron chi connectivity index (χ3n) is 5.00. The minimum atomic E-state index is -1.40. The summed E-state index contributed by atoms with van der Waals surface area (Å²) in [4.78, 5) is 11.3. The highest BCUT2D eigenvalue weighted by molar-refractivity contribution is 5.75. The number of rotatable bonds is 19. The molecule has 0 aromatic carbocycles. The molecule has 26 heavy (non-hydrogen) atoms. The van der Waals surface area contributed by atoms with E-state index in [9.17, 15) is 15.0 Å². The molecule has 4 heteroatoms. The van der Waals surface area contributed by atoms with Gasteiger partial charge in [-0.1, -0.05) is 103 Å². The van der Waals surface area contributed by atoms with E-state index in [1.54, 1.807) is 6.92 Å². The van der Waals surface area contributed by atoms with Crippen LogP contribution in [0.3, 0.4) is 0 Å². The van der Waals surface area contributed by atoms with Crippen molar-refractivity contribution in [1.29, 1.82) is 0 Å². The highest BCUT2D eigenvalue weighted by Crippen LogP contribution is 2.14. The van der Waals surface area contributed by atoms with Crippen molar-refractivity contribution in [2.75, 3.05) is 6.61 Å². The lowest BCUT2D eigenvalue weighted by atomic mass is 10.0. The van der Waals surface area contributed by atoms with Crippen LogP contribution in [-0.4, -0.2) is 35.0 Å². The molecule has 2 N–H and O–H groups in total. The summed E-state index contributed by atoms with van der Waals surface area (Å²) in [5, 5.41) is 19.4. The zero-order valence-electron chi connectivity index (χ0n) is 17.4. The molecule has 0 aliphatic rings. The van der Waals surface area contributed by atoms with Crippen molar-refractivity contribution in [3.8, 4) is 0 Å². The van der Waals surface area contributed by atoms with E-state index in [4.69, 9.17) is 4.74 Å². The molecule has 0 unspecified atom stereocenters. The van der Waals surface area contributed by atoms with Gasteiger partial charge >= 0.3 is 5.97 Å². The molecule has 0 aromatic rings. The molecule has 156 valence electrons. The number of aliphatic hydroxyl groups is 2. The van der Waals surface area contributed by atoms with E-state index in [1.807, 2.05) is 0 Å². The lowest BCUT2D eigenvalue weighted by Crippen LogP contribution is -2.35. The number of aliphatic hydroxyl groups excluding tert-OH is 2. The molecular weight excluding hydrogens is 328 g/mol. The van der Waals surface area contributed by atoms with Gasteiger partial charge in [-0.15, -0.1) is 0 Å². The quantitative estimate of drug-likeness (QED) is 0.231. The minimum absolute atomic E-state index is 0.224. The maximum atomic E-state index is 11.3. The van der Waals surface area contributed by atoms with Crippen LogP contribution in [0.25, 0.3) is 0 Å². The standard InChI is InChI=1S/C22H44O4/c1-3-5-6-7-8-9-10-11-12-13-14-15-16-17-18-19-20(23)21(24)22(25)26-4-2/h20-21,23-24H,3-19H2,1-2H3/t20-,21+/m0/s1. The van der Waals surface area contributed by atoms with E-state index >= 15 is 0 Å². The lowest BCUT2D eigenvalue weighted by molar-refractivity contribution is -0.159. The van der Waals surface area contributed by atoms with Gasteiger partial charge in [0.25, 0.3) is 0 Å². The van der Waals surface area contributed by atoms with Crippen LogP contribution >= 0.6 is 0 Å². The van der Waals surface area contributed by atoms with Crippen molar-refractivity contribution in [1.82, 2.24) is 0 Å². The highest BCUT2D eigenvalue weighted by atomic mass is 16.5. The van der Waals surface area contributed by atoms with Gasteiger partial charge in [-0.3, -0.25) is 0 Å². The number of carbonyl (C=O) groups is 1. The van der Waals surface area contributed by atoms with Crippen LogP contribution in [0.2, 0.25) is 0 Å². The maximum Gasteiger partial charge on any atom is 0.337 e. The van der Waals surface area contributed by atoms with E-state index in [0.717, 1.165) is 12.8 Å². The Labute approximate surface area is 161 Å². The van der Waals surface area contributed by atoms with Crippen molar-refractivity contribution in [3.05, 3.63) is 0 Å².